The average molecular weight is 263 g/mol. The molecule has 0 saturated carbocycles. The molecule has 0 aromatic heterocycles. The molecule has 1 aliphatic carbocycles. The van der Waals surface area contributed by atoms with Gasteiger partial charge in [0.2, 0.25) is 5.91 Å². The van der Waals surface area contributed by atoms with Crippen LogP contribution >= 0.6 is 0 Å². The van der Waals surface area contributed by atoms with Crippen molar-refractivity contribution < 1.29 is 9.72 Å². The summed E-state index contributed by atoms with van der Waals surface area (Å²) in [7, 11) is 3.94. The lowest BCUT2D eigenvalue weighted by atomic mass is 10.1. The topological polar surface area (TPSA) is 75.5 Å². The molecule has 1 N–H and O–H groups in total. The average Bonchev–Trinajstić information content (AvgIpc) is 2.71. The van der Waals surface area contributed by atoms with E-state index in [1.54, 1.807) is 6.07 Å². The molecule has 102 valence electrons. The smallest absolute Gasteiger partial charge is 0.296 e. The number of hydrogen-bond donors (Lipinski definition) is 1. The number of hydrogen-bond acceptors (Lipinski definition) is 4. The van der Waals surface area contributed by atoms with Crippen LogP contribution in [-0.2, 0) is 17.6 Å². The second-order valence-electron chi connectivity index (χ2n) is 5.06. The molecule has 0 fully saturated rings. The number of fused-ring (bicyclic) bond motifs is 1. The Morgan fingerprint density at radius 3 is 2.63 bits per heavy atom. The first-order valence-corrected chi connectivity index (χ1v) is 6.13. The van der Waals surface area contributed by atoms with Gasteiger partial charge in [0.05, 0.1) is 4.92 Å². The molecule has 1 amide bonds. The Hall–Kier alpha value is -1.95. The minimum absolute atomic E-state index is 0.0389. The van der Waals surface area contributed by atoms with Crippen LogP contribution in [0.25, 0.3) is 0 Å². The summed E-state index contributed by atoms with van der Waals surface area (Å²) in [6.07, 6.45) is 1.45. The number of benzene rings is 1. The van der Waals surface area contributed by atoms with E-state index in [9.17, 15) is 14.9 Å². The second-order valence-corrected chi connectivity index (χ2v) is 5.06. The molecule has 0 radical (unpaired) electrons. The van der Waals surface area contributed by atoms with Crippen LogP contribution in [0.2, 0.25) is 0 Å². The third kappa shape index (κ3) is 2.58. The number of likely N-dealkylation sites (N-methyl/N-ethyl adjacent to an activating group) is 1. The first-order chi connectivity index (χ1) is 8.90. The van der Waals surface area contributed by atoms with Gasteiger partial charge >= 0.3 is 0 Å². The van der Waals surface area contributed by atoms with Gasteiger partial charge in [-0.3, -0.25) is 14.9 Å². The van der Waals surface area contributed by atoms with Gasteiger partial charge in [-0.1, -0.05) is 6.07 Å². The molecule has 19 heavy (non-hydrogen) atoms. The summed E-state index contributed by atoms with van der Waals surface area (Å²) in [4.78, 5) is 24.1. The highest BCUT2D eigenvalue weighted by atomic mass is 16.6. The van der Waals surface area contributed by atoms with Crippen molar-refractivity contribution in [1.29, 1.82) is 0 Å². The van der Waals surface area contributed by atoms with E-state index in [1.165, 1.54) is 6.92 Å². The summed E-state index contributed by atoms with van der Waals surface area (Å²) in [5.41, 5.74) is 2.07. The highest BCUT2D eigenvalue weighted by Crippen LogP contribution is 2.37. The summed E-state index contributed by atoms with van der Waals surface area (Å²) < 4.78 is 0. The summed E-state index contributed by atoms with van der Waals surface area (Å²) in [6, 6.07) is 3.77. The van der Waals surface area contributed by atoms with Gasteiger partial charge in [0, 0.05) is 18.5 Å². The summed E-state index contributed by atoms with van der Waals surface area (Å²) in [6.45, 7) is 1.35. The largest absolute Gasteiger partial charge is 0.321 e. The SMILES string of the molecule is CC(=O)Nc1ccc2c(c1[N+](=O)[O-])CC(N(C)C)C2. The van der Waals surface area contributed by atoms with Gasteiger partial charge in [-0.15, -0.1) is 0 Å². The molecule has 1 aliphatic rings. The number of nitro groups is 1. The maximum atomic E-state index is 11.3. The molecule has 1 atom stereocenters. The Morgan fingerprint density at radius 1 is 1.42 bits per heavy atom. The number of carbonyl (C=O) groups is 1. The molecule has 0 spiro atoms. The van der Waals surface area contributed by atoms with Crippen LogP contribution in [0.3, 0.4) is 0 Å². The highest BCUT2D eigenvalue weighted by molar-refractivity contribution is 5.92. The number of amides is 1. The van der Waals surface area contributed by atoms with E-state index < -0.39 is 4.92 Å². The monoisotopic (exact) mass is 263 g/mol. The van der Waals surface area contributed by atoms with Crippen LogP contribution in [0.4, 0.5) is 11.4 Å². The Labute approximate surface area is 111 Å². The Balaban J connectivity index is 2.46. The standard InChI is InChI=1S/C13H17N3O3/c1-8(17)14-12-5-4-9-6-10(15(2)3)7-11(9)13(12)16(18)19/h4-5,10H,6-7H2,1-3H3,(H,14,17). The van der Waals surface area contributed by atoms with Crippen molar-refractivity contribution in [3.8, 4) is 0 Å². The Bertz CT molecular complexity index is 540. The van der Waals surface area contributed by atoms with E-state index in [0.717, 1.165) is 17.5 Å². The Morgan fingerprint density at radius 2 is 2.11 bits per heavy atom. The number of carbonyl (C=O) groups excluding carboxylic acids is 1. The number of anilines is 1. The fourth-order valence-electron chi connectivity index (χ4n) is 2.52. The molecule has 1 aromatic carbocycles. The zero-order chi connectivity index (χ0) is 14.2. The molecular formula is C13H17N3O3. The van der Waals surface area contributed by atoms with Gasteiger partial charge in [0.25, 0.3) is 5.69 Å². The first kappa shape index (κ1) is 13.5. The van der Waals surface area contributed by atoms with Gasteiger partial charge < -0.3 is 10.2 Å². The van der Waals surface area contributed by atoms with Crippen molar-refractivity contribution in [2.45, 2.75) is 25.8 Å². The van der Waals surface area contributed by atoms with Crippen LogP contribution in [0.15, 0.2) is 12.1 Å². The number of nitro benzene ring substituents is 1. The van der Waals surface area contributed by atoms with Gasteiger partial charge in [-0.2, -0.15) is 0 Å². The van der Waals surface area contributed by atoms with Crippen LogP contribution in [0.1, 0.15) is 18.1 Å². The predicted molar refractivity (Wildman–Crippen MR) is 72.3 cm³/mol. The lowest BCUT2D eigenvalue weighted by Crippen LogP contribution is -2.28. The maximum absolute atomic E-state index is 11.3. The zero-order valence-corrected chi connectivity index (χ0v) is 11.3. The molecule has 0 aliphatic heterocycles. The molecule has 2 rings (SSSR count). The van der Waals surface area contributed by atoms with Crippen molar-refractivity contribution >= 4 is 17.3 Å². The van der Waals surface area contributed by atoms with E-state index in [2.05, 4.69) is 10.2 Å². The van der Waals surface area contributed by atoms with Crippen molar-refractivity contribution in [3.05, 3.63) is 33.4 Å². The lowest BCUT2D eigenvalue weighted by Gasteiger charge is -2.17. The van der Waals surface area contributed by atoms with E-state index in [1.807, 2.05) is 20.2 Å². The summed E-state index contributed by atoms with van der Waals surface area (Å²) in [5, 5.41) is 13.8. The molecule has 1 aromatic rings. The third-order valence-corrected chi connectivity index (χ3v) is 3.50. The fourth-order valence-corrected chi connectivity index (χ4v) is 2.52. The Kier molecular flexibility index (Phi) is 3.53. The van der Waals surface area contributed by atoms with Crippen LogP contribution in [0, 0.1) is 10.1 Å². The van der Waals surface area contributed by atoms with Crippen molar-refractivity contribution in [2.24, 2.45) is 0 Å². The van der Waals surface area contributed by atoms with E-state index in [-0.39, 0.29) is 23.3 Å². The van der Waals surface area contributed by atoms with E-state index in [0.29, 0.717) is 6.42 Å². The van der Waals surface area contributed by atoms with Crippen molar-refractivity contribution in [1.82, 2.24) is 4.90 Å². The second kappa shape index (κ2) is 4.97. The summed E-state index contributed by atoms with van der Waals surface area (Å²) >= 11 is 0. The highest BCUT2D eigenvalue weighted by Gasteiger charge is 2.32. The van der Waals surface area contributed by atoms with Crippen LogP contribution in [-0.4, -0.2) is 35.9 Å². The zero-order valence-electron chi connectivity index (χ0n) is 11.3. The molecule has 0 heterocycles. The molecule has 0 bridgehead atoms. The molecular weight excluding hydrogens is 246 g/mol. The fraction of sp³-hybridized carbons (Fsp3) is 0.462. The quantitative estimate of drug-likeness (QED) is 0.663. The molecule has 6 heteroatoms. The van der Waals surface area contributed by atoms with E-state index in [4.69, 9.17) is 0 Å². The van der Waals surface area contributed by atoms with Gasteiger partial charge in [0.1, 0.15) is 5.69 Å². The first-order valence-electron chi connectivity index (χ1n) is 6.13. The van der Waals surface area contributed by atoms with Crippen LogP contribution < -0.4 is 5.32 Å². The molecule has 0 saturated heterocycles. The number of rotatable bonds is 3. The summed E-state index contributed by atoms with van der Waals surface area (Å²) in [5.74, 6) is -0.301. The number of nitrogens with one attached hydrogen (secondary N) is 1. The maximum Gasteiger partial charge on any atom is 0.296 e. The number of nitrogens with zero attached hydrogens (tertiary/aromatic N) is 2. The van der Waals surface area contributed by atoms with Gasteiger partial charge in [0.15, 0.2) is 0 Å². The van der Waals surface area contributed by atoms with Gasteiger partial charge in [-0.25, -0.2) is 0 Å². The normalized spacial score (nSPS) is 17.4. The van der Waals surface area contributed by atoms with Crippen molar-refractivity contribution in [3.63, 3.8) is 0 Å². The third-order valence-electron chi connectivity index (χ3n) is 3.50. The minimum atomic E-state index is -0.401. The van der Waals surface area contributed by atoms with Gasteiger partial charge in [-0.05, 0) is 38.6 Å². The molecule has 1 unspecified atom stereocenters. The lowest BCUT2D eigenvalue weighted by molar-refractivity contribution is -0.384. The van der Waals surface area contributed by atoms with E-state index >= 15 is 0 Å². The minimum Gasteiger partial charge on any atom is -0.321 e. The molecule has 6 nitrogen and oxygen atoms in total. The van der Waals surface area contributed by atoms with Crippen LogP contribution in [0.5, 0.6) is 0 Å². The van der Waals surface area contributed by atoms with Crippen molar-refractivity contribution in [2.75, 3.05) is 19.4 Å². The predicted octanol–water partition coefficient (Wildman–Crippen LogP) is 1.58.